The summed E-state index contributed by atoms with van der Waals surface area (Å²) in [6.07, 6.45) is -1.36. The molecule has 0 radical (unpaired) electrons. The fourth-order valence-electron chi connectivity index (χ4n) is 4.16. The molecule has 0 fully saturated rings. The van der Waals surface area contributed by atoms with Crippen molar-refractivity contribution in [3.63, 3.8) is 0 Å². The van der Waals surface area contributed by atoms with E-state index in [-0.39, 0.29) is 17.8 Å². The fourth-order valence-corrected chi connectivity index (χ4v) is 4.16. The van der Waals surface area contributed by atoms with Crippen LogP contribution in [-0.4, -0.2) is 30.2 Å². The van der Waals surface area contributed by atoms with Gasteiger partial charge in [0.2, 0.25) is 6.17 Å². The Bertz CT molecular complexity index is 1540. The molecule has 1 N–H and O–H groups in total. The predicted molar refractivity (Wildman–Crippen MR) is 132 cm³/mol. The first-order valence-electron chi connectivity index (χ1n) is 11.0. The molecule has 4 aromatic carbocycles. The minimum absolute atomic E-state index is 0.191. The van der Waals surface area contributed by atoms with Crippen LogP contribution < -0.4 is 10.2 Å². The van der Waals surface area contributed by atoms with Gasteiger partial charge in [0.15, 0.2) is 0 Å². The van der Waals surface area contributed by atoms with Gasteiger partial charge >= 0.3 is 0 Å². The Morgan fingerprint density at radius 3 is 2.40 bits per heavy atom. The van der Waals surface area contributed by atoms with Gasteiger partial charge < -0.3 is 5.32 Å². The summed E-state index contributed by atoms with van der Waals surface area (Å²) in [5.41, 5.74) is 1.67. The summed E-state index contributed by atoms with van der Waals surface area (Å²) in [4.78, 5) is 32.5. The van der Waals surface area contributed by atoms with Crippen molar-refractivity contribution >= 4 is 34.0 Å². The van der Waals surface area contributed by atoms with Gasteiger partial charge in [-0.2, -0.15) is 5.26 Å². The minimum atomic E-state index is -1.36. The molecule has 1 atom stereocenters. The van der Waals surface area contributed by atoms with Crippen LogP contribution in [0.1, 0.15) is 21.5 Å². The Balaban J connectivity index is 1.60. The Kier molecular flexibility index (Phi) is 5.78. The van der Waals surface area contributed by atoms with Crippen LogP contribution in [0, 0.1) is 17.1 Å². The maximum atomic E-state index is 14.8. The molecule has 0 spiro atoms. The Morgan fingerprint density at radius 1 is 0.943 bits per heavy atom. The average molecular weight is 462 g/mol. The summed E-state index contributed by atoms with van der Waals surface area (Å²) in [7, 11) is 0. The summed E-state index contributed by atoms with van der Waals surface area (Å²) in [5.74, 6) is -1.60. The first-order valence-corrected chi connectivity index (χ1v) is 11.0. The molecular weight excluding hydrogens is 443 g/mol. The van der Waals surface area contributed by atoms with Gasteiger partial charge in [0, 0.05) is 16.7 Å². The fraction of sp³-hybridized carbons (Fsp3) is 0.0714. The molecule has 0 saturated heterocycles. The van der Waals surface area contributed by atoms with Crippen LogP contribution in [-0.2, 0) is 4.79 Å². The average Bonchev–Trinajstić information content (AvgIpc) is 2.99. The number of nitriles is 1. The number of benzodiazepines with no additional fused rings is 1. The second kappa shape index (κ2) is 9.20. The SMILES string of the molecule is N#CCN1C(=O)C(NC(=O)c2ccc3ccccc3c2)N=C(c2ccccc2F)c2ccccc21. The van der Waals surface area contributed by atoms with Crippen molar-refractivity contribution in [2.24, 2.45) is 4.99 Å². The number of halogens is 1. The summed E-state index contributed by atoms with van der Waals surface area (Å²) >= 11 is 0. The highest BCUT2D eigenvalue weighted by molar-refractivity contribution is 6.20. The number of anilines is 1. The molecule has 170 valence electrons. The number of fused-ring (bicyclic) bond motifs is 2. The molecule has 2 amide bonds. The summed E-state index contributed by atoms with van der Waals surface area (Å²) < 4.78 is 14.8. The maximum absolute atomic E-state index is 14.8. The summed E-state index contributed by atoms with van der Waals surface area (Å²) in [5, 5.41) is 13.9. The first kappa shape index (κ1) is 22.0. The van der Waals surface area contributed by atoms with Gasteiger partial charge in [0.05, 0.1) is 17.5 Å². The van der Waals surface area contributed by atoms with E-state index in [9.17, 15) is 19.2 Å². The first-order chi connectivity index (χ1) is 17.1. The normalized spacial score (nSPS) is 15.1. The van der Waals surface area contributed by atoms with Gasteiger partial charge in [-0.1, -0.05) is 60.7 Å². The molecule has 6 nitrogen and oxygen atoms in total. The Morgan fingerprint density at radius 2 is 1.63 bits per heavy atom. The lowest BCUT2D eigenvalue weighted by Crippen LogP contribution is -2.47. The van der Waals surface area contributed by atoms with Crippen molar-refractivity contribution in [1.29, 1.82) is 5.26 Å². The van der Waals surface area contributed by atoms with Crippen molar-refractivity contribution in [2.75, 3.05) is 11.4 Å². The quantitative estimate of drug-likeness (QED) is 0.455. The lowest BCUT2D eigenvalue weighted by Gasteiger charge is -2.22. The van der Waals surface area contributed by atoms with Crippen molar-refractivity contribution in [3.8, 4) is 6.07 Å². The lowest BCUT2D eigenvalue weighted by molar-refractivity contribution is -0.120. The highest BCUT2D eigenvalue weighted by Crippen LogP contribution is 2.29. The van der Waals surface area contributed by atoms with Gasteiger partial charge in [-0.25, -0.2) is 9.38 Å². The summed E-state index contributed by atoms with van der Waals surface area (Å²) in [6, 6.07) is 27.8. The molecule has 7 heteroatoms. The van der Waals surface area contributed by atoms with E-state index in [0.29, 0.717) is 16.8 Å². The standard InChI is InChI=1S/C28H19FN4O2/c29-23-11-5-3-9-21(23)25-22-10-4-6-12-24(22)33(16-15-30)28(35)26(31-25)32-27(34)20-14-13-18-7-1-2-8-19(18)17-20/h1-14,17,26H,16H2,(H,32,34). The van der Waals surface area contributed by atoms with Crippen LogP contribution in [0.3, 0.4) is 0 Å². The van der Waals surface area contributed by atoms with Gasteiger partial charge in [-0.3, -0.25) is 14.5 Å². The van der Waals surface area contributed by atoms with Crippen LogP contribution in [0.15, 0.2) is 96.0 Å². The molecule has 1 aliphatic heterocycles. The van der Waals surface area contributed by atoms with E-state index in [1.165, 1.54) is 11.0 Å². The second-order valence-electron chi connectivity index (χ2n) is 8.00. The Labute approximate surface area is 200 Å². The third kappa shape index (κ3) is 4.13. The molecule has 0 aromatic heterocycles. The zero-order chi connectivity index (χ0) is 24.4. The number of nitrogens with one attached hydrogen (secondary N) is 1. The monoisotopic (exact) mass is 462 g/mol. The van der Waals surface area contributed by atoms with E-state index in [0.717, 1.165) is 10.8 Å². The van der Waals surface area contributed by atoms with Crippen molar-refractivity contribution < 1.29 is 14.0 Å². The number of nitrogens with zero attached hydrogens (tertiary/aromatic N) is 3. The van der Waals surface area contributed by atoms with E-state index < -0.39 is 23.8 Å². The van der Waals surface area contributed by atoms with Crippen LogP contribution in [0.4, 0.5) is 10.1 Å². The lowest BCUT2D eigenvalue weighted by atomic mass is 10.00. The number of hydrogen-bond donors (Lipinski definition) is 1. The van der Waals surface area contributed by atoms with Gasteiger partial charge in [0.1, 0.15) is 12.4 Å². The van der Waals surface area contributed by atoms with E-state index in [1.807, 2.05) is 36.4 Å². The topological polar surface area (TPSA) is 85.6 Å². The smallest absolute Gasteiger partial charge is 0.273 e. The van der Waals surface area contributed by atoms with E-state index >= 15 is 0 Å². The van der Waals surface area contributed by atoms with E-state index in [4.69, 9.17) is 0 Å². The van der Waals surface area contributed by atoms with E-state index in [2.05, 4.69) is 10.3 Å². The molecule has 1 heterocycles. The third-order valence-corrected chi connectivity index (χ3v) is 5.85. The molecule has 1 unspecified atom stereocenters. The molecule has 1 aliphatic rings. The van der Waals surface area contributed by atoms with Crippen LogP contribution in [0.25, 0.3) is 10.8 Å². The molecule has 5 rings (SSSR count). The van der Waals surface area contributed by atoms with Gasteiger partial charge in [0.25, 0.3) is 11.8 Å². The highest BCUT2D eigenvalue weighted by Gasteiger charge is 2.33. The number of benzene rings is 4. The summed E-state index contributed by atoms with van der Waals surface area (Å²) in [6.45, 7) is -0.252. The Hall–Kier alpha value is -4.83. The largest absolute Gasteiger partial charge is 0.322 e. The zero-order valence-electron chi connectivity index (χ0n) is 18.5. The molecule has 35 heavy (non-hydrogen) atoms. The number of carbonyl (C=O) groups is 2. The number of para-hydroxylation sites is 1. The highest BCUT2D eigenvalue weighted by atomic mass is 19.1. The van der Waals surface area contributed by atoms with Gasteiger partial charge in [-0.05, 0) is 41.1 Å². The number of amides is 2. The van der Waals surface area contributed by atoms with Gasteiger partial charge in [-0.15, -0.1) is 0 Å². The molecular formula is C28H19FN4O2. The number of carbonyl (C=O) groups excluding carboxylic acids is 2. The maximum Gasteiger partial charge on any atom is 0.273 e. The second-order valence-corrected chi connectivity index (χ2v) is 8.00. The minimum Gasteiger partial charge on any atom is -0.322 e. The predicted octanol–water partition coefficient (Wildman–Crippen LogP) is 4.44. The van der Waals surface area contributed by atoms with Crippen molar-refractivity contribution in [1.82, 2.24) is 5.32 Å². The van der Waals surface area contributed by atoms with E-state index in [1.54, 1.807) is 54.6 Å². The van der Waals surface area contributed by atoms with Crippen LogP contribution in [0.5, 0.6) is 0 Å². The number of rotatable bonds is 4. The zero-order valence-corrected chi connectivity index (χ0v) is 18.5. The molecule has 0 aliphatic carbocycles. The number of hydrogen-bond acceptors (Lipinski definition) is 4. The van der Waals surface area contributed by atoms with Crippen molar-refractivity contribution in [2.45, 2.75) is 6.17 Å². The number of aliphatic imine (C=N–C) groups is 1. The van der Waals surface area contributed by atoms with Crippen molar-refractivity contribution in [3.05, 3.63) is 114 Å². The van der Waals surface area contributed by atoms with Crippen LogP contribution >= 0.6 is 0 Å². The van der Waals surface area contributed by atoms with Crippen LogP contribution in [0.2, 0.25) is 0 Å². The molecule has 4 aromatic rings. The molecule has 0 bridgehead atoms. The molecule has 0 saturated carbocycles. The third-order valence-electron chi connectivity index (χ3n) is 5.85.